The van der Waals surface area contributed by atoms with Gasteiger partial charge in [0, 0.05) is 32.9 Å². The molecule has 1 aromatic carbocycles. The highest BCUT2D eigenvalue weighted by molar-refractivity contribution is 6.07. The number of benzene rings is 1. The molecule has 0 radical (unpaired) electrons. The van der Waals surface area contributed by atoms with E-state index in [1.54, 1.807) is 17.0 Å². The molecule has 0 spiro atoms. The lowest BCUT2D eigenvalue weighted by molar-refractivity contribution is 0.0719. The summed E-state index contributed by atoms with van der Waals surface area (Å²) >= 11 is 0. The van der Waals surface area contributed by atoms with Gasteiger partial charge in [0.25, 0.3) is 5.91 Å². The molecule has 0 saturated carbocycles. The third kappa shape index (κ3) is 2.92. The van der Waals surface area contributed by atoms with E-state index in [2.05, 4.69) is 0 Å². The number of anilines is 1. The molecule has 5 heteroatoms. The molecule has 5 nitrogen and oxygen atoms in total. The number of carbonyl (C=O) groups excluding carboxylic acids is 2. The Labute approximate surface area is 119 Å². The van der Waals surface area contributed by atoms with Gasteiger partial charge in [-0.3, -0.25) is 9.59 Å². The van der Waals surface area contributed by atoms with Gasteiger partial charge in [0.05, 0.1) is 11.1 Å². The molecule has 1 aliphatic rings. The second-order valence-corrected chi connectivity index (χ2v) is 5.34. The van der Waals surface area contributed by atoms with Crippen LogP contribution in [0, 0.1) is 0 Å². The van der Waals surface area contributed by atoms with Crippen LogP contribution in [0.1, 0.15) is 40.0 Å². The number of nitrogens with two attached hydrogens (primary N) is 1. The highest BCUT2D eigenvalue weighted by Crippen LogP contribution is 2.21. The number of primary amides is 1. The monoisotopic (exact) mass is 275 g/mol. The standard InChI is InChI=1S/C15H21N3O2/c1-17(2)11-6-7-12(13(10-11)14(16)19)15(20)18-8-4-3-5-9-18/h6-7,10H,3-5,8-9H2,1-2H3,(H2,16,19). The van der Waals surface area contributed by atoms with E-state index in [0.717, 1.165) is 38.0 Å². The smallest absolute Gasteiger partial charge is 0.254 e. The van der Waals surface area contributed by atoms with Crippen molar-refractivity contribution in [2.45, 2.75) is 19.3 Å². The number of hydrogen-bond acceptors (Lipinski definition) is 3. The number of likely N-dealkylation sites (tertiary alicyclic amines) is 1. The third-order valence-electron chi connectivity index (χ3n) is 3.66. The molecule has 1 aliphatic heterocycles. The van der Waals surface area contributed by atoms with Gasteiger partial charge >= 0.3 is 0 Å². The first-order valence-electron chi connectivity index (χ1n) is 6.91. The van der Waals surface area contributed by atoms with Gasteiger partial charge in [-0.1, -0.05) is 0 Å². The van der Waals surface area contributed by atoms with Crippen LogP contribution in [-0.2, 0) is 0 Å². The quantitative estimate of drug-likeness (QED) is 0.908. The minimum absolute atomic E-state index is 0.0937. The molecule has 0 aromatic heterocycles. The summed E-state index contributed by atoms with van der Waals surface area (Å²) < 4.78 is 0. The Morgan fingerprint density at radius 1 is 1.10 bits per heavy atom. The summed E-state index contributed by atoms with van der Waals surface area (Å²) in [5.74, 6) is -0.655. The van der Waals surface area contributed by atoms with Gasteiger partial charge < -0.3 is 15.5 Å². The van der Waals surface area contributed by atoms with E-state index in [1.165, 1.54) is 0 Å². The van der Waals surface area contributed by atoms with Crippen molar-refractivity contribution in [2.24, 2.45) is 5.73 Å². The Morgan fingerprint density at radius 3 is 2.30 bits per heavy atom. The lowest BCUT2D eigenvalue weighted by Gasteiger charge is -2.27. The molecule has 0 aliphatic carbocycles. The molecule has 2 rings (SSSR count). The van der Waals surface area contributed by atoms with Gasteiger partial charge in [0.1, 0.15) is 0 Å². The van der Waals surface area contributed by atoms with Crippen LogP contribution in [0.3, 0.4) is 0 Å². The largest absolute Gasteiger partial charge is 0.378 e. The third-order valence-corrected chi connectivity index (χ3v) is 3.66. The van der Waals surface area contributed by atoms with E-state index < -0.39 is 5.91 Å². The van der Waals surface area contributed by atoms with E-state index >= 15 is 0 Å². The van der Waals surface area contributed by atoms with Crippen LogP contribution in [0.5, 0.6) is 0 Å². The van der Waals surface area contributed by atoms with Crippen molar-refractivity contribution in [2.75, 3.05) is 32.1 Å². The van der Waals surface area contributed by atoms with Gasteiger partial charge in [-0.2, -0.15) is 0 Å². The summed E-state index contributed by atoms with van der Waals surface area (Å²) in [6, 6.07) is 5.22. The van der Waals surface area contributed by atoms with Crippen LogP contribution in [0.15, 0.2) is 18.2 Å². The van der Waals surface area contributed by atoms with E-state index in [9.17, 15) is 9.59 Å². The molecule has 2 N–H and O–H groups in total. The average molecular weight is 275 g/mol. The van der Waals surface area contributed by atoms with Crippen LogP contribution in [0.2, 0.25) is 0 Å². The first-order chi connectivity index (χ1) is 9.50. The fraction of sp³-hybridized carbons (Fsp3) is 0.467. The number of rotatable bonds is 3. The maximum Gasteiger partial charge on any atom is 0.254 e. The first-order valence-corrected chi connectivity index (χ1v) is 6.91. The maximum atomic E-state index is 12.5. The van der Waals surface area contributed by atoms with Crippen molar-refractivity contribution in [1.82, 2.24) is 4.90 Å². The summed E-state index contributed by atoms with van der Waals surface area (Å²) in [4.78, 5) is 27.8. The van der Waals surface area contributed by atoms with E-state index in [0.29, 0.717) is 11.1 Å². The molecule has 1 saturated heterocycles. The summed E-state index contributed by atoms with van der Waals surface area (Å²) in [5, 5.41) is 0. The zero-order valence-corrected chi connectivity index (χ0v) is 12.1. The van der Waals surface area contributed by atoms with Crippen LogP contribution in [0.4, 0.5) is 5.69 Å². The molecule has 108 valence electrons. The summed E-state index contributed by atoms with van der Waals surface area (Å²) in [6.07, 6.45) is 3.20. The maximum absolute atomic E-state index is 12.5. The van der Waals surface area contributed by atoms with Gasteiger partial charge in [-0.05, 0) is 37.5 Å². The summed E-state index contributed by atoms with van der Waals surface area (Å²) in [6.45, 7) is 1.51. The predicted octanol–water partition coefficient (Wildman–Crippen LogP) is 1.48. The highest BCUT2D eigenvalue weighted by Gasteiger charge is 2.22. The second kappa shape index (κ2) is 5.94. The van der Waals surface area contributed by atoms with Crippen LogP contribution >= 0.6 is 0 Å². The number of hydrogen-bond donors (Lipinski definition) is 1. The van der Waals surface area contributed by atoms with Gasteiger partial charge in [-0.25, -0.2) is 0 Å². The lowest BCUT2D eigenvalue weighted by Crippen LogP contribution is -2.36. The Morgan fingerprint density at radius 2 is 1.75 bits per heavy atom. The average Bonchev–Trinajstić information content (AvgIpc) is 2.46. The fourth-order valence-corrected chi connectivity index (χ4v) is 2.47. The number of piperidine rings is 1. The fourth-order valence-electron chi connectivity index (χ4n) is 2.47. The zero-order valence-electron chi connectivity index (χ0n) is 12.1. The molecule has 1 aromatic rings. The molecule has 0 bridgehead atoms. The molecule has 20 heavy (non-hydrogen) atoms. The predicted molar refractivity (Wildman–Crippen MR) is 79.0 cm³/mol. The van der Waals surface area contributed by atoms with Crippen molar-refractivity contribution in [3.8, 4) is 0 Å². The summed E-state index contributed by atoms with van der Waals surface area (Å²) in [7, 11) is 3.76. The molecular weight excluding hydrogens is 254 g/mol. The van der Waals surface area contributed by atoms with Crippen molar-refractivity contribution in [3.63, 3.8) is 0 Å². The molecule has 1 heterocycles. The second-order valence-electron chi connectivity index (χ2n) is 5.34. The van der Waals surface area contributed by atoms with Crippen molar-refractivity contribution in [3.05, 3.63) is 29.3 Å². The van der Waals surface area contributed by atoms with Crippen LogP contribution in [-0.4, -0.2) is 43.9 Å². The van der Waals surface area contributed by atoms with E-state index in [-0.39, 0.29) is 5.91 Å². The van der Waals surface area contributed by atoms with Crippen molar-refractivity contribution in [1.29, 1.82) is 0 Å². The zero-order chi connectivity index (χ0) is 14.7. The Bertz CT molecular complexity index is 520. The van der Waals surface area contributed by atoms with E-state index in [1.807, 2.05) is 25.1 Å². The minimum atomic E-state index is -0.561. The Kier molecular flexibility index (Phi) is 4.27. The Hall–Kier alpha value is -2.04. The topological polar surface area (TPSA) is 66.6 Å². The molecule has 2 amide bonds. The summed E-state index contributed by atoms with van der Waals surface area (Å²) in [5.41, 5.74) is 6.98. The van der Waals surface area contributed by atoms with Gasteiger partial charge in [0.2, 0.25) is 5.91 Å². The number of nitrogens with zero attached hydrogens (tertiary/aromatic N) is 2. The molecule has 0 atom stereocenters. The van der Waals surface area contributed by atoms with Crippen LogP contribution < -0.4 is 10.6 Å². The number of amides is 2. The molecular formula is C15H21N3O2. The van der Waals surface area contributed by atoms with Gasteiger partial charge in [0.15, 0.2) is 0 Å². The van der Waals surface area contributed by atoms with E-state index in [4.69, 9.17) is 5.73 Å². The number of carbonyl (C=O) groups is 2. The molecule has 0 unspecified atom stereocenters. The molecule has 1 fully saturated rings. The first kappa shape index (κ1) is 14.4. The van der Waals surface area contributed by atoms with Crippen molar-refractivity contribution < 1.29 is 9.59 Å². The van der Waals surface area contributed by atoms with Gasteiger partial charge in [-0.15, -0.1) is 0 Å². The lowest BCUT2D eigenvalue weighted by atomic mass is 10.0. The minimum Gasteiger partial charge on any atom is -0.378 e. The highest BCUT2D eigenvalue weighted by atomic mass is 16.2. The van der Waals surface area contributed by atoms with Crippen molar-refractivity contribution >= 4 is 17.5 Å². The Balaban J connectivity index is 2.34. The van der Waals surface area contributed by atoms with Crippen LogP contribution in [0.25, 0.3) is 0 Å². The normalized spacial score (nSPS) is 15.0. The SMILES string of the molecule is CN(C)c1ccc(C(=O)N2CCCCC2)c(C(N)=O)c1.